The summed E-state index contributed by atoms with van der Waals surface area (Å²) in [4.78, 5) is 38.4. The maximum Gasteiger partial charge on any atom is 0.414 e. The van der Waals surface area contributed by atoms with Crippen LogP contribution in [0.4, 0.5) is 15.4 Å². The van der Waals surface area contributed by atoms with Crippen LogP contribution in [0.15, 0.2) is 24.5 Å². The Kier molecular flexibility index (Phi) is 7.57. The topological polar surface area (TPSA) is 100 Å². The third-order valence-electron chi connectivity index (χ3n) is 5.13. The molecule has 10 nitrogen and oxygen atoms in total. The number of carbonyl (C=O) groups is 2. The third-order valence-corrected chi connectivity index (χ3v) is 5.13. The average Bonchev–Trinajstić information content (AvgIpc) is 2.73. The van der Waals surface area contributed by atoms with Crippen molar-refractivity contribution in [3.05, 3.63) is 24.5 Å². The first kappa shape index (κ1) is 24.5. The Balaban J connectivity index is 1.60. The van der Waals surface area contributed by atoms with Gasteiger partial charge < -0.3 is 24.6 Å². The van der Waals surface area contributed by atoms with Crippen molar-refractivity contribution in [2.45, 2.75) is 39.3 Å². The lowest BCUT2D eigenvalue weighted by atomic mass is 10.2. The van der Waals surface area contributed by atoms with E-state index in [1.165, 1.54) is 11.2 Å². The third kappa shape index (κ3) is 6.67. The Bertz CT molecular complexity index is 983. The first-order valence-corrected chi connectivity index (χ1v) is 11.1. The van der Waals surface area contributed by atoms with Gasteiger partial charge in [-0.05, 0) is 39.8 Å². The van der Waals surface area contributed by atoms with Crippen LogP contribution in [0.2, 0.25) is 0 Å². The van der Waals surface area contributed by atoms with Gasteiger partial charge in [0.1, 0.15) is 23.3 Å². The van der Waals surface area contributed by atoms with Gasteiger partial charge >= 0.3 is 12.2 Å². The molecule has 0 aliphatic carbocycles. The smallest absolute Gasteiger partial charge is 0.414 e. The van der Waals surface area contributed by atoms with Crippen LogP contribution in [0.1, 0.15) is 27.7 Å². The number of nitrogens with one attached hydrogen (secondary N) is 1. The largest absolute Gasteiger partial charge is 0.444 e. The summed E-state index contributed by atoms with van der Waals surface area (Å²) in [5.41, 5.74) is 0.0841. The molecule has 0 saturated carbocycles. The van der Waals surface area contributed by atoms with Gasteiger partial charge in [-0.15, -0.1) is 0 Å². The van der Waals surface area contributed by atoms with Crippen molar-refractivity contribution < 1.29 is 19.1 Å². The average molecular weight is 459 g/mol. The van der Waals surface area contributed by atoms with Crippen LogP contribution >= 0.6 is 0 Å². The molecular formula is C23H34N6O4. The molecule has 0 unspecified atom stereocenters. The van der Waals surface area contributed by atoms with Gasteiger partial charge in [-0.2, -0.15) is 0 Å². The molecule has 3 rings (SSSR count). The number of piperazine rings is 1. The summed E-state index contributed by atoms with van der Waals surface area (Å²) in [6.45, 7) is 11.3. The van der Waals surface area contributed by atoms with E-state index < -0.39 is 11.7 Å². The summed E-state index contributed by atoms with van der Waals surface area (Å²) in [7, 11) is 3.26. The number of ether oxygens (including phenoxy) is 2. The Hall–Kier alpha value is -3.14. The molecule has 33 heavy (non-hydrogen) atoms. The van der Waals surface area contributed by atoms with Gasteiger partial charge in [-0.3, -0.25) is 4.90 Å². The first-order valence-electron chi connectivity index (χ1n) is 11.1. The molecule has 0 spiro atoms. The zero-order valence-corrected chi connectivity index (χ0v) is 20.3. The first-order chi connectivity index (χ1) is 15.5. The van der Waals surface area contributed by atoms with E-state index in [1.807, 2.05) is 32.9 Å². The van der Waals surface area contributed by atoms with Gasteiger partial charge in [0, 0.05) is 58.2 Å². The van der Waals surface area contributed by atoms with Crippen LogP contribution in [-0.4, -0.2) is 95.3 Å². The fraction of sp³-hybridized carbons (Fsp3) is 0.565. The number of aromatic nitrogens is 2. The lowest BCUT2D eigenvalue weighted by molar-refractivity contribution is 0.0144. The van der Waals surface area contributed by atoms with Gasteiger partial charge in [0.05, 0.1) is 0 Å². The molecule has 1 aliphatic rings. The number of hydrogen-bond donors (Lipinski definition) is 1. The summed E-state index contributed by atoms with van der Waals surface area (Å²) in [5.74, 6) is 1.07. The molecule has 1 aromatic carbocycles. The molecule has 1 aromatic heterocycles. The van der Waals surface area contributed by atoms with Gasteiger partial charge in [0.15, 0.2) is 5.75 Å². The standard InChI is InChI=1S/C23H34N6O4/c1-16(14-28-10-12-29(13-11-28)22(31)33-23(2,3)4)26-20-17-8-7-9-18(19(17)24-15-25-20)32-21(30)27(5)6/h7-9,15-16H,10-14H2,1-6H3,(H,24,25,26)/t16-/m0/s1. The summed E-state index contributed by atoms with van der Waals surface area (Å²) >= 11 is 0. The quantitative estimate of drug-likeness (QED) is 0.730. The Morgan fingerprint density at radius 3 is 2.48 bits per heavy atom. The van der Waals surface area contributed by atoms with Gasteiger partial charge in [0.2, 0.25) is 0 Å². The number of nitrogens with zero attached hydrogens (tertiary/aromatic N) is 5. The number of fused-ring (bicyclic) bond motifs is 1. The molecule has 1 atom stereocenters. The normalized spacial score (nSPS) is 15.8. The number of hydrogen-bond acceptors (Lipinski definition) is 8. The van der Waals surface area contributed by atoms with Crippen LogP contribution in [0.5, 0.6) is 5.75 Å². The van der Waals surface area contributed by atoms with Crippen LogP contribution in [-0.2, 0) is 4.74 Å². The zero-order valence-electron chi connectivity index (χ0n) is 20.3. The second kappa shape index (κ2) is 10.2. The number of benzene rings is 1. The summed E-state index contributed by atoms with van der Waals surface area (Å²) < 4.78 is 10.9. The molecule has 1 fully saturated rings. The number of rotatable bonds is 5. The second-order valence-corrected chi connectivity index (χ2v) is 9.45. The van der Waals surface area contributed by atoms with Crippen molar-refractivity contribution >= 4 is 28.9 Å². The highest BCUT2D eigenvalue weighted by molar-refractivity contribution is 5.94. The maximum atomic E-state index is 12.3. The van der Waals surface area contributed by atoms with E-state index >= 15 is 0 Å². The minimum Gasteiger partial charge on any atom is -0.444 e. The number of carbonyl (C=O) groups excluding carboxylic acids is 2. The van der Waals surface area contributed by atoms with Crippen molar-refractivity contribution in [2.24, 2.45) is 0 Å². The molecule has 180 valence electrons. The molecular weight excluding hydrogens is 424 g/mol. The molecule has 2 amide bonds. The highest BCUT2D eigenvalue weighted by atomic mass is 16.6. The van der Waals surface area contributed by atoms with E-state index in [-0.39, 0.29) is 12.1 Å². The van der Waals surface area contributed by atoms with Gasteiger partial charge in [-0.1, -0.05) is 6.07 Å². The lowest BCUT2D eigenvalue weighted by Gasteiger charge is -2.36. The second-order valence-electron chi connectivity index (χ2n) is 9.45. The summed E-state index contributed by atoms with van der Waals surface area (Å²) in [6.07, 6.45) is 0.741. The number of para-hydroxylation sites is 1. The van der Waals surface area contributed by atoms with E-state index in [9.17, 15) is 9.59 Å². The number of amides is 2. The molecule has 1 saturated heterocycles. The van der Waals surface area contributed by atoms with E-state index in [0.717, 1.165) is 25.0 Å². The SMILES string of the molecule is C[C@@H](CN1CCN(C(=O)OC(C)(C)C)CC1)Nc1ncnc2c(OC(=O)N(C)C)cccc12. The number of anilines is 1. The summed E-state index contributed by atoms with van der Waals surface area (Å²) in [5, 5.41) is 4.23. The predicted octanol–water partition coefficient (Wildman–Crippen LogP) is 3.04. The monoisotopic (exact) mass is 458 g/mol. The summed E-state index contributed by atoms with van der Waals surface area (Å²) in [6, 6.07) is 5.53. The molecule has 10 heteroatoms. The van der Waals surface area contributed by atoms with Crippen molar-refractivity contribution in [2.75, 3.05) is 52.1 Å². The van der Waals surface area contributed by atoms with E-state index in [0.29, 0.717) is 30.2 Å². The molecule has 0 radical (unpaired) electrons. The molecule has 0 bridgehead atoms. The molecule has 1 N–H and O–H groups in total. The fourth-order valence-electron chi connectivity index (χ4n) is 3.55. The Labute approximate surface area is 194 Å². The van der Waals surface area contributed by atoms with Gasteiger partial charge in [-0.25, -0.2) is 19.6 Å². The van der Waals surface area contributed by atoms with Crippen molar-refractivity contribution in [3.63, 3.8) is 0 Å². The highest BCUT2D eigenvalue weighted by Crippen LogP contribution is 2.28. The highest BCUT2D eigenvalue weighted by Gasteiger charge is 2.26. The van der Waals surface area contributed by atoms with Crippen molar-refractivity contribution in [3.8, 4) is 5.75 Å². The molecule has 2 aromatic rings. The van der Waals surface area contributed by atoms with E-state index in [1.54, 1.807) is 25.1 Å². The van der Waals surface area contributed by atoms with Crippen LogP contribution in [0.25, 0.3) is 10.9 Å². The lowest BCUT2D eigenvalue weighted by Crippen LogP contribution is -2.51. The van der Waals surface area contributed by atoms with Gasteiger partial charge in [0.25, 0.3) is 0 Å². The predicted molar refractivity (Wildman–Crippen MR) is 127 cm³/mol. The van der Waals surface area contributed by atoms with Crippen molar-refractivity contribution in [1.82, 2.24) is 24.7 Å². The van der Waals surface area contributed by atoms with Crippen LogP contribution in [0.3, 0.4) is 0 Å². The van der Waals surface area contributed by atoms with E-state index in [2.05, 4.69) is 27.1 Å². The van der Waals surface area contributed by atoms with Crippen molar-refractivity contribution in [1.29, 1.82) is 0 Å². The molecule has 2 heterocycles. The molecule has 1 aliphatic heterocycles. The Morgan fingerprint density at radius 2 is 1.85 bits per heavy atom. The maximum absolute atomic E-state index is 12.3. The fourth-order valence-corrected chi connectivity index (χ4v) is 3.55. The van der Waals surface area contributed by atoms with Crippen LogP contribution < -0.4 is 10.1 Å². The Morgan fingerprint density at radius 1 is 1.15 bits per heavy atom. The minimum absolute atomic E-state index is 0.101. The van der Waals surface area contributed by atoms with E-state index in [4.69, 9.17) is 9.47 Å². The minimum atomic E-state index is -0.488. The zero-order chi connectivity index (χ0) is 24.2. The van der Waals surface area contributed by atoms with Crippen LogP contribution in [0, 0.1) is 0 Å².